The molecule has 0 fully saturated rings. The second-order valence-electron chi connectivity index (χ2n) is 7.23. The van der Waals surface area contributed by atoms with Gasteiger partial charge in [-0.05, 0) is 59.8 Å². The SMILES string of the molecule is CCCN(CCc1ccc2nc[nH]c2c1)CCc1cccc2ccccc12. The number of aromatic amines is 1. The molecule has 0 aliphatic carbocycles. The molecule has 1 N–H and O–H groups in total. The number of H-pyrrole nitrogens is 1. The van der Waals surface area contributed by atoms with Crippen molar-refractivity contribution in [2.45, 2.75) is 26.2 Å². The Kier molecular flexibility index (Phi) is 5.50. The molecule has 0 amide bonds. The van der Waals surface area contributed by atoms with Gasteiger partial charge >= 0.3 is 0 Å². The van der Waals surface area contributed by atoms with E-state index in [1.807, 2.05) is 0 Å². The van der Waals surface area contributed by atoms with Crippen LogP contribution in [-0.2, 0) is 12.8 Å². The molecule has 27 heavy (non-hydrogen) atoms. The Morgan fingerprint density at radius 3 is 2.67 bits per heavy atom. The van der Waals surface area contributed by atoms with E-state index in [0.717, 1.165) is 43.5 Å². The maximum absolute atomic E-state index is 4.31. The first-order chi connectivity index (χ1) is 13.3. The van der Waals surface area contributed by atoms with Gasteiger partial charge in [-0.2, -0.15) is 0 Å². The Morgan fingerprint density at radius 2 is 1.74 bits per heavy atom. The second kappa shape index (κ2) is 8.36. The molecule has 0 radical (unpaired) electrons. The third kappa shape index (κ3) is 4.20. The van der Waals surface area contributed by atoms with Crippen LogP contribution in [0.15, 0.2) is 67.0 Å². The number of nitrogens with one attached hydrogen (secondary N) is 1. The number of aromatic nitrogens is 2. The lowest BCUT2D eigenvalue weighted by molar-refractivity contribution is 0.281. The minimum absolute atomic E-state index is 1.04. The number of rotatable bonds is 8. The van der Waals surface area contributed by atoms with E-state index in [2.05, 4.69) is 82.5 Å². The van der Waals surface area contributed by atoms with Gasteiger partial charge in [0.2, 0.25) is 0 Å². The van der Waals surface area contributed by atoms with Crippen LogP contribution in [0.3, 0.4) is 0 Å². The van der Waals surface area contributed by atoms with Crippen LogP contribution in [0.2, 0.25) is 0 Å². The molecule has 1 aromatic heterocycles. The van der Waals surface area contributed by atoms with Gasteiger partial charge in [0.15, 0.2) is 0 Å². The summed E-state index contributed by atoms with van der Waals surface area (Å²) in [6.07, 6.45) is 5.13. The lowest BCUT2D eigenvalue weighted by atomic mass is 10.0. The number of benzene rings is 3. The predicted octanol–water partition coefficient (Wildman–Crippen LogP) is 5.21. The van der Waals surface area contributed by atoms with Crippen LogP contribution in [-0.4, -0.2) is 34.5 Å². The summed E-state index contributed by atoms with van der Waals surface area (Å²) < 4.78 is 0. The summed E-state index contributed by atoms with van der Waals surface area (Å²) in [5.41, 5.74) is 5.00. The van der Waals surface area contributed by atoms with Crippen LogP contribution in [0.4, 0.5) is 0 Å². The molecule has 138 valence electrons. The highest BCUT2D eigenvalue weighted by molar-refractivity contribution is 5.85. The van der Waals surface area contributed by atoms with Crippen LogP contribution < -0.4 is 0 Å². The summed E-state index contributed by atoms with van der Waals surface area (Å²) >= 11 is 0. The van der Waals surface area contributed by atoms with E-state index >= 15 is 0 Å². The molecule has 0 saturated carbocycles. The summed E-state index contributed by atoms with van der Waals surface area (Å²) in [7, 11) is 0. The molecule has 0 aliphatic heterocycles. The molecule has 3 aromatic carbocycles. The average molecular weight is 358 g/mol. The summed E-state index contributed by atoms with van der Waals surface area (Å²) in [4.78, 5) is 10.1. The number of nitrogens with zero attached hydrogens (tertiary/aromatic N) is 2. The van der Waals surface area contributed by atoms with E-state index in [0.29, 0.717) is 0 Å². The molecule has 3 heteroatoms. The first-order valence-corrected chi connectivity index (χ1v) is 9.94. The molecule has 3 nitrogen and oxygen atoms in total. The molecule has 0 unspecified atom stereocenters. The zero-order valence-electron chi connectivity index (χ0n) is 16.0. The molecule has 0 aliphatic rings. The van der Waals surface area contributed by atoms with Crippen molar-refractivity contribution < 1.29 is 0 Å². The van der Waals surface area contributed by atoms with E-state index in [-0.39, 0.29) is 0 Å². The van der Waals surface area contributed by atoms with Gasteiger partial charge in [0.1, 0.15) is 0 Å². The van der Waals surface area contributed by atoms with E-state index in [1.54, 1.807) is 6.33 Å². The van der Waals surface area contributed by atoms with Crippen LogP contribution in [0.5, 0.6) is 0 Å². The van der Waals surface area contributed by atoms with Gasteiger partial charge < -0.3 is 9.88 Å². The standard InChI is InChI=1S/C24H27N3/c1-2-14-27(15-12-19-10-11-23-24(17-19)26-18-25-23)16-13-21-8-5-7-20-6-3-4-9-22(20)21/h3-11,17-18H,2,12-16H2,1H3,(H,25,26). The number of fused-ring (bicyclic) bond motifs is 2. The highest BCUT2D eigenvalue weighted by Crippen LogP contribution is 2.19. The average Bonchev–Trinajstić information content (AvgIpc) is 3.18. The zero-order valence-corrected chi connectivity index (χ0v) is 16.0. The summed E-state index contributed by atoms with van der Waals surface area (Å²) in [6.45, 7) is 5.62. The fourth-order valence-electron chi connectivity index (χ4n) is 3.87. The van der Waals surface area contributed by atoms with E-state index < -0.39 is 0 Å². The van der Waals surface area contributed by atoms with Gasteiger partial charge in [-0.1, -0.05) is 55.5 Å². The molecular weight excluding hydrogens is 330 g/mol. The highest BCUT2D eigenvalue weighted by Gasteiger charge is 2.07. The second-order valence-corrected chi connectivity index (χ2v) is 7.23. The van der Waals surface area contributed by atoms with Crippen molar-refractivity contribution in [1.29, 1.82) is 0 Å². The van der Waals surface area contributed by atoms with Crippen molar-refractivity contribution >= 4 is 21.8 Å². The van der Waals surface area contributed by atoms with Crippen molar-refractivity contribution in [3.8, 4) is 0 Å². The molecule has 0 atom stereocenters. The largest absolute Gasteiger partial charge is 0.345 e. The summed E-state index contributed by atoms with van der Waals surface area (Å²) in [6, 6.07) is 21.9. The fourth-order valence-corrected chi connectivity index (χ4v) is 3.87. The molecule has 4 rings (SSSR count). The van der Waals surface area contributed by atoms with Crippen LogP contribution in [0.25, 0.3) is 21.8 Å². The quantitative estimate of drug-likeness (QED) is 0.469. The third-order valence-electron chi connectivity index (χ3n) is 5.32. The lowest BCUT2D eigenvalue weighted by Crippen LogP contribution is -2.29. The Morgan fingerprint density at radius 1 is 0.889 bits per heavy atom. The first-order valence-electron chi connectivity index (χ1n) is 9.94. The first kappa shape index (κ1) is 17.7. The van der Waals surface area contributed by atoms with Crippen molar-refractivity contribution in [3.63, 3.8) is 0 Å². The topological polar surface area (TPSA) is 31.9 Å². The van der Waals surface area contributed by atoms with Gasteiger partial charge in [0.05, 0.1) is 17.4 Å². The molecular formula is C24H27N3. The Bertz CT molecular complexity index is 1010. The molecule has 0 bridgehead atoms. The van der Waals surface area contributed by atoms with Crippen LogP contribution in [0.1, 0.15) is 24.5 Å². The number of imidazole rings is 1. The monoisotopic (exact) mass is 357 g/mol. The Hall–Kier alpha value is -2.65. The van der Waals surface area contributed by atoms with Crippen LogP contribution in [0, 0.1) is 0 Å². The minimum atomic E-state index is 1.04. The normalized spacial score (nSPS) is 11.6. The van der Waals surface area contributed by atoms with Crippen molar-refractivity contribution in [3.05, 3.63) is 78.1 Å². The Labute approximate surface area is 161 Å². The highest BCUT2D eigenvalue weighted by atomic mass is 15.1. The van der Waals surface area contributed by atoms with E-state index in [1.165, 1.54) is 28.3 Å². The number of hydrogen-bond acceptors (Lipinski definition) is 2. The maximum Gasteiger partial charge on any atom is 0.0931 e. The summed E-state index contributed by atoms with van der Waals surface area (Å²) in [5, 5.41) is 2.73. The van der Waals surface area contributed by atoms with E-state index in [9.17, 15) is 0 Å². The smallest absolute Gasteiger partial charge is 0.0931 e. The minimum Gasteiger partial charge on any atom is -0.345 e. The fraction of sp³-hybridized carbons (Fsp3) is 0.292. The lowest BCUT2D eigenvalue weighted by Gasteiger charge is -2.22. The van der Waals surface area contributed by atoms with Gasteiger partial charge in [0, 0.05) is 13.1 Å². The molecule has 0 saturated heterocycles. The number of hydrogen-bond donors (Lipinski definition) is 1. The molecule has 0 spiro atoms. The van der Waals surface area contributed by atoms with Gasteiger partial charge in [-0.3, -0.25) is 0 Å². The van der Waals surface area contributed by atoms with Crippen molar-refractivity contribution in [2.24, 2.45) is 0 Å². The van der Waals surface area contributed by atoms with Crippen LogP contribution >= 0.6 is 0 Å². The predicted molar refractivity (Wildman–Crippen MR) is 114 cm³/mol. The molecule has 4 aromatic rings. The zero-order chi connectivity index (χ0) is 18.5. The van der Waals surface area contributed by atoms with Crippen molar-refractivity contribution in [2.75, 3.05) is 19.6 Å². The van der Waals surface area contributed by atoms with Gasteiger partial charge in [-0.25, -0.2) is 4.98 Å². The van der Waals surface area contributed by atoms with E-state index in [4.69, 9.17) is 0 Å². The maximum atomic E-state index is 4.31. The Balaban J connectivity index is 1.41. The molecule has 1 heterocycles. The van der Waals surface area contributed by atoms with Gasteiger partial charge in [-0.15, -0.1) is 0 Å². The third-order valence-corrected chi connectivity index (χ3v) is 5.32. The summed E-state index contributed by atoms with van der Waals surface area (Å²) in [5.74, 6) is 0. The van der Waals surface area contributed by atoms with Crippen molar-refractivity contribution in [1.82, 2.24) is 14.9 Å². The van der Waals surface area contributed by atoms with Gasteiger partial charge in [0.25, 0.3) is 0 Å².